The molecule has 0 saturated carbocycles. The monoisotopic (exact) mass is 320 g/mol. The highest BCUT2D eigenvalue weighted by molar-refractivity contribution is 5.26. The number of methoxy groups -OCH3 is 1. The molecule has 0 amide bonds. The molecule has 1 aromatic rings. The van der Waals surface area contributed by atoms with Crippen LogP contribution in [-0.4, -0.2) is 50.8 Å². The highest BCUT2D eigenvalue weighted by Gasteiger charge is 2.48. The van der Waals surface area contributed by atoms with E-state index in [1.807, 2.05) is 19.2 Å². The highest BCUT2D eigenvalue weighted by atomic mass is 19.1. The number of hydrogen-bond donors (Lipinski definition) is 1. The maximum Gasteiger partial charge on any atom is 0.123 e. The van der Waals surface area contributed by atoms with Crippen molar-refractivity contribution in [3.05, 3.63) is 35.6 Å². The molecule has 23 heavy (non-hydrogen) atoms. The first-order valence-corrected chi connectivity index (χ1v) is 8.86. The Morgan fingerprint density at radius 3 is 2.65 bits per heavy atom. The summed E-state index contributed by atoms with van der Waals surface area (Å²) in [6.45, 7) is 7.47. The molecule has 0 spiro atoms. The van der Waals surface area contributed by atoms with Gasteiger partial charge in [0.15, 0.2) is 0 Å². The van der Waals surface area contributed by atoms with Crippen molar-refractivity contribution in [2.75, 3.05) is 39.9 Å². The van der Waals surface area contributed by atoms with Crippen LogP contribution in [0.4, 0.5) is 4.39 Å². The maximum atomic E-state index is 13.4. The van der Waals surface area contributed by atoms with E-state index in [0.717, 1.165) is 26.1 Å². The zero-order chi connectivity index (χ0) is 16.3. The Hall–Kier alpha value is -0.970. The van der Waals surface area contributed by atoms with Gasteiger partial charge in [0, 0.05) is 31.0 Å². The Morgan fingerprint density at radius 1 is 1.30 bits per heavy atom. The molecule has 3 unspecified atom stereocenters. The molecule has 0 radical (unpaired) electrons. The van der Waals surface area contributed by atoms with Gasteiger partial charge in [-0.3, -0.25) is 4.90 Å². The van der Waals surface area contributed by atoms with Gasteiger partial charge in [0.05, 0.1) is 6.61 Å². The summed E-state index contributed by atoms with van der Waals surface area (Å²) >= 11 is 0. The largest absolute Gasteiger partial charge is 0.384 e. The third-order valence-electron chi connectivity index (χ3n) is 6.02. The van der Waals surface area contributed by atoms with E-state index in [2.05, 4.69) is 17.1 Å². The van der Waals surface area contributed by atoms with Crippen LogP contribution >= 0.6 is 0 Å². The van der Waals surface area contributed by atoms with Crippen molar-refractivity contribution in [3.63, 3.8) is 0 Å². The van der Waals surface area contributed by atoms with Gasteiger partial charge in [0.25, 0.3) is 0 Å². The third kappa shape index (κ3) is 3.30. The standard InChI is InChI=1S/C19H29FN2O/c1-15(22-11-3-4-12-22)19(14-23-2)9-10-21-13-18(19)16-5-7-17(20)8-6-16/h5-8,15,18,21H,3-4,9-14H2,1-2H3. The number of hydrogen-bond acceptors (Lipinski definition) is 3. The average Bonchev–Trinajstić information content (AvgIpc) is 3.10. The molecule has 2 aliphatic rings. The summed E-state index contributed by atoms with van der Waals surface area (Å²) in [5.41, 5.74) is 1.31. The second-order valence-corrected chi connectivity index (χ2v) is 7.14. The number of ether oxygens (including phenoxy) is 1. The molecule has 2 heterocycles. The quantitative estimate of drug-likeness (QED) is 0.902. The number of nitrogens with one attached hydrogen (secondary N) is 1. The lowest BCUT2D eigenvalue weighted by molar-refractivity contribution is -0.0264. The van der Waals surface area contributed by atoms with E-state index in [4.69, 9.17) is 4.74 Å². The average molecular weight is 320 g/mol. The first kappa shape index (κ1) is 16.9. The van der Waals surface area contributed by atoms with Crippen molar-refractivity contribution in [1.29, 1.82) is 0 Å². The lowest BCUT2D eigenvalue weighted by Gasteiger charge is -2.51. The predicted molar refractivity (Wildman–Crippen MR) is 91.2 cm³/mol. The molecule has 0 aromatic heterocycles. The number of benzene rings is 1. The van der Waals surface area contributed by atoms with E-state index in [1.165, 1.54) is 31.5 Å². The van der Waals surface area contributed by atoms with Gasteiger partial charge in [-0.05, 0) is 63.5 Å². The fraction of sp³-hybridized carbons (Fsp3) is 0.684. The van der Waals surface area contributed by atoms with E-state index in [0.29, 0.717) is 12.0 Å². The Morgan fingerprint density at radius 2 is 2.00 bits per heavy atom. The number of rotatable bonds is 5. The van der Waals surface area contributed by atoms with Crippen LogP contribution in [0.1, 0.15) is 37.7 Å². The van der Waals surface area contributed by atoms with Gasteiger partial charge in [-0.1, -0.05) is 12.1 Å². The van der Waals surface area contributed by atoms with Crippen molar-refractivity contribution in [3.8, 4) is 0 Å². The van der Waals surface area contributed by atoms with Crippen molar-refractivity contribution < 1.29 is 9.13 Å². The number of piperidine rings is 1. The predicted octanol–water partition coefficient (Wildman–Crippen LogP) is 3.02. The van der Waals surface area contributed by atoms with Crippen LogP contribution in [0.3, 0.4) is 0 Å². The van der Waals surface area contributed by atoms with Gasteiger partial charge in [-0.2, -0.15) is 0 Å². The van der Waals surface area contributed by atoms with Crippen LogP contribution in [0.2, 0.25) is 0 Å². The number of halogens is 1. The van der Waals surface area contributed by atoms with Crippen molar-refractivity contribution in [2.24, 2.45) is 5.41 Å². The summed E-state index contributed by atoms with van der Waals surface area (Å²) < 4.78 is 19.1. The topological polar surface area (TPSA) is 24.5 Å². The summed E-state index contributed by atoms with van der Waals surface area (Å²) in [4.78, 5) is 2.63. The lowest BCUT2D eigenvalue weighted by atomic mass is 9.64. The van der Waals surface area contributed by atoms with Crippen LogP contribution in [0.5, 0.6) is 0 Å². The molecule has 2 aliphatic heterocycles. The molecule has 0 aliphatic carbocycles. The van der Waals surface area contributed by atoms with Gasteiger partial charge in [-0.15, -0.1) is 0 Å². The molecule has 1 N–H and O–H groups in total. The van der Waals surface area contributed by atoms with Crippen molar-refractivity contribution in [1.82, 2.24) is 10.2 Å². The SMILES string of the molecule is COCC1(C(C)N2CCCC2)CCNCC1c1ccc(F)cc1. The second-order valence-electron chi connectivity index (χ2n) is 7.14. The van der Waals surface area contributed by atoms with E-state index in [1.54, 1.807) is 12.1 Å². The van der Waals surface area contributed by atoms with E-state index in [9.17, 15) is 4.39 Å². The first-order valence-electron chi connectivity index (χ1n) is 8.86. The molecule has 3 nitrogen and oxygen atoms in total. The maximum absolute atomic E-state index is 13.4. The Labute approximate surface area is 139 Å². The minimum absolute atomic E-state index is 0.0855. The van der Waals surface area contributed by atoms with Gasteiger partial charge in [0.2, 0.25) is 0 Å². The van der Waals surface area contributed by atoms with E-state index >= 15 is 0 Å². The fourth-order valence-electron chi connectivity index (χ4n) is 4.64. The third-order valence-corrected chi connectivity index (χ3v) is 6.02. The molecule has 2 fully saturated rings. The lowest BCUT2D eigenvalue weighted by Crippen LogP contribution is -2.56. The molecule has 4 heteroatoms. The molecule has 3 rings (SSSR count). The zero-order valence-corrected chi connectivity index (χ0v) is 14.4. The number of nitrogens with zero attached hydrogens (tertiary/aromatic N) is 1. The fourth-order valence-corrected chi connectivity index (χ4v) is 4.64. The summed E-state index contributed by atoms with van der Waals surface area (Å²) in [6, 6.07) is 7.55. The molecule has 128 valence electrons. The Kier molecular flexibility index (Phi) is 5.34. The van der Waals surface area contributed by atoms with Gasteiger partial charge in [0.1, 0.15) is 5.82 Å². The summed E-state index contributed by atoms with van der Waals surface area (Å²) in [7, 11) is 1.81. The van der Waals surface area contributed by atoms with Crippen LogP contribution in [0, 0.1) is 11.2 Å². The molecule has 0 bridgehead atoms. The molecule has 1 aromatic carbocycles. The summed E-state index contributed by atoms with van der Waals surface area (Å²) in [5, 5.41) is 3.54. The minimum atomic E-state index is -0.164. The van der Waals surface area contributed by atoms with Gasteiger partial charge in [-0.25, -0.2) is 4.39 Å². The molecule has 3 atom stereocenters. The highest BCUT2D eigenvalue weighted by Crippen LogP contribution is 2.46. The van der Waals surface area contributed by atoms with E-state index < -0.39 is 0 Å². The van der Waals surface area contributed by atoms with Crippen LogP contribution < -0.4 is 5.32 Å². The number of likely N-dealkylation sites (tertiary alicyclic amines) is 1. The van der Waals surface area contributed by atoms with E-state index in [-0.39, 0.29) is 11.2 Å². The zero-order valence-electron chi connectivity index (χ0n) is 14.4. The van der Waals surface area contributed by atoms with Gasteiger partial charge < -0.3 is 10.1 Å². The van der Waals surface area contributed by atoms with Crippen molar-refractivity contribution >= 4 is 0 Å². The summed E-state index contributed by atoms with van der Waals surface area (Å²) in [6.07, 6.45) is 3.69. The summed E-state index contributed by atoms with van der Waals surface area (Å²) in [5.74, 6) is 0.190. The van der Waals surface area contributed by atoms with Crippen LogP contribution in [-0.2, 0) is 4.74 Å². The smallest absolute Gasteiger partial charge is 0.123 e. The molecule has 2 saturated heterocycles. The Balaban J connectivity index is 1.94. The second kappa shape index (κ2) is 7.29. The van der Waals surface area contributed by atoms with Crippen LogP contribution in [0.15, 0.2) is 24.3 Å². The Bertz CT molecular complexity index is 497. The van der Waals surface area contributed by atoms with Crippen LogP contribution in [0.25, 0.3) is 0 Å². The van der Waals surface area contributed by atoms with Gasteiger partial charge >= 0.3 is 0 Å². The van der Waals surface area contributed by atoms with Crippen molar-refractivity contribution in [2.45, 2.75) is 38.1 Å². The normalized spacial score (nSPS) is 30.5. The first-order chi connectivity index (χ1) is 11.2. The molecular formula is C19H29FN2O. The minimum Gasteiger partial charge on any atom is -0.384 e. The molecular weight excluding hydrogens is 291 g/mol.